The molecule has 0 bridgehead atoms. The lowest BCUT2D eigenvalue weighted by atomic mass is 10.1. The molecule has 0 aliphatic carbocycles. The number of rotatable bonds is 2. The number of para-hydroxylation sites is 1. The van der Waals surface area contributed by atoms with E-state index in [2.05, 4.69) is 85.3 Å². The van der Waals surface area contributed by atoms with E-state index in [1.54, 1.807) is 0 Å². The van der Waals surface area contributed by atoms with Gasteiger partial charge in [0.2, 0.25) is 0 Å². The minimum Gasteiger partial charge on any atom is -0.334 e. The molecule has 0 radical (unpaired) electrons. The summed E-state index contributed by atoms with van der Waals surface area (Å²) in [7, 11) is 0. The van der Waals surface area contributed by atoms with Crippen LogP contribution in [0, 0.1) is 0 Å². The molecule has 3 rings (SSSR count). The number of nitrogens with zero attached hydrogens (tertiary/aromatic N) is 1. The second-order valence-corrected chi connectivity index (χ2v) is 7.59. The van der Waals surface area contributed by atoms with Gasteiger partial charge in [0.05, 0.1) is 0 Å². The number of halogens is 2. The predicted octanol–water partition coefficient (Wildman–Crippen LogP) is 4.69. The number of benzene rings is 2. The molecule has 0 aromatic heterocycles. The first kappa shape index (κ1) is 11.3. The minimum absolute atomic E-state index is 0.150. The van der Waals surface area contributed by atoms with Crippen molar-refractivity contribution in [2.45, 2.75) is 9.40 Å². The van der Waals surface area contributed by atoms with Crippen LogP contribution in [0.15, 0.2) is 60.7 Å². The van der Waals surface area contributed by atoms with E-state index in [0.717, 1.165) is 0 Å². The Hall–Kier alpha value is -0.800. The summed E-state index contributed by atoms with van der Waals surface area (Å²) in [5.74, 6) is 0. The quantitative estimate of drug-likeness (QED) is 0.430. The number of alkyl halides is 2. The van der Waals surface area contributed by atoms with Gasteiger partial charge in [0, 0.05) is 5.69 Å². The van der Waals surface area contributed by atoms with Crippen LogP contribution in [0.2, 0.25) is 0 Å². The zero-order chi connectivity index (χ0) is 11.9. The normalized spacial score (nSPS) is 21.3. The summed E-state index contributed by atoms with van der Waals surface area (Å²) < 4.78 is -0.150. The summed E-state index contributed by atoms with van der Waals surface area (Å²) in [6, 6.07) is 21.3. The van der Waals surface area contributed by atoms with E-state index in [1.807, 2.05) is 12.1 Å². The van der Waals surface area contributed by atoms with Crippen molar-refractivity contribution in [3.05, 3.63) is 66.2 Å². The first-order valence-electron chi connectivity index (χ1n) is 5.48. The highest BCUT2D eigenvalue weighted by atomic mass is 79.9. The van der Waals surface area contributed by atoms with Crippen molar-refractivity contribution in [3.8, 4) is 0 Å². The molecular weight excluding hydrogens is 342 g/mol. The average molecular weight is 353 g/mol. The molecule has 17 heavy (non-hydrogen) atoms. The third kappa shape index (κ3) is 1.91. The lowest BCUT2D eigenvalue weighted by Crippen LogP contribution is -1.99. The molecule has 2 aromatic carbocycles. The van der Waals surface area contributed by atoms with E-state index >= 15 is 0 Å². The van der Waals surface area contributed by atoms with Crippen LogP contribution in [0.1, 0.15) is 11.6 Å². The smallest absolute Gasteiger partial charge is 0.176 e. The Balaban J connectivity index is 1.95. The molecule has 1 unspecified atom stereocenters. The van der Waals surface area contributed by atoms with Gasteiger partial charge in [-0.15, -0.1) is 0 Å². The van der Waals surface area contributed by atoms with Gasteiger partial charge in [0.1, 0.15) is 6.04 Å². The largest absolute Gasteiger partial charge is 0.334 e. The van der Waals surface area contributed by atoms with E-state index in [9.17, 15) is 0 Å². The molecular formula is C14H11Br2N. The van der Waals surface area contributed by atoms with Crippen molar-refractivity contribution in [1.82, 2.24) is 0 Å². The van der Waals surface area contributed by atoms with Gasteiger partial charge in [-0.1, -0.05) is 48.5 Å². The maximum atomic E-state index is 3.74. The monoisotopic (exact) mass is 351 g/mol. The molecule has 86 valence electrons. The van der Waals surface area contributed by atoms with E-state index in [0.29, 0.717) is 6.04 Å². The second-order valence-electron chi connectivity index (χ2n) is 4.11. The molecule has 1 saturated heterocycles. The highest BCUT2D eigenvalue weighted by Gasteiger charge is 2.60. The van der Waals surface area contributed by atoms with Gasteiger partial charge < -0.3 is 4.90 Å². The molecule has 1 atom stereocenters. The van der Waals surface area contributed by atoms with Gasteiger partial charge in [-0.25, -0.2) is 0 Å². The van der Waals surface area contributed by atoms with Crippen molar-refractivity contribution in [2.75, 3.05) is 4.90 Å². The summed E-state index contributed by atoms with van der Waals surface area (Å²) in [6.45, 7) is 0. The Kier molecular flexibility index (Phi) is 2.75. The summed E-state index contributed by atoms with van der Waals surface area (Å²) >= 11 is 7.47. The Morgan fingerprint density at radius 3 is 1.94 bits per heavy atom. The van der Waals surface area contributed by atoms with Crippen LogP contribution in [0.3, 0.4) is 0 Å². The van der Waals surface area contributed by atoms with Crippen LogP contribution in [0.25, 0.3) is 0 Å². The maximum Gasteiger partial charge on any atom is 0.176 e. The Bertz CT molecular complexity index is 463. The molecule has 1 heterocycles. The van der Waals surface area contributed by atoms with Gasteiger partial charge in [0.25, 0.3) is 0 Å². The van der Waals surface area contributed by atoms with Gasteiger partial charge in [-0.05, 0) is 49.6 Å². The third-order valence-electron chi connectivity index (χ3n) is 2.99. The van der Waals surface area contributed by atoms with Crippen LogP contribution < -0.4 is 4.90 Å². The Morgan fingerprint density at radius 2 is 1.35 bits per heavy atom. The highest BCUT2D eigenvalue weighted by molar-refractivity contribution is 9.25. The highest BCUT2D eigenvalue weighted by Crippen LogP contribution is 2.63. The van der Waals surface area contributed by atoms with Crippen LogP contribution in [-0.2, 0) is 0 Å². The zero-order valence-corrected chi connectivity index (χ0v) is 12.2. The molecule has 1 aliphatic heterocycles. The van der Waals surface area contributed by atoms with Crippen LogP contribution in [0.4, 0.5) is 5.69 Å². The van der Waals surface area contributed by atoms with Crippen molar-refractivity contribution >= 4 is 37.5 Å². The zero-order valence-electron chi connectivity index (χ0n) is 9.05. The molecule has 3 heteroatoms. The minimum atomic E-state index is -0.150. The predicted molar refractivity (Wildman–Crippen MR) is 78.7 cm³/mol. The Labute approximate surface area is 118 Å². The molecule has 1 nitrogen and oxygen atoms in total. The fourth-order valence-electron chi connectivity index (χ4n) is 2.14. The topological polar surface area (TPSA) is 3.01 Å². The fraction of sp³-hybridized carbons (Fsp3) is 0.143. The first-order chi connectivity index (χ1) is 8.21. The van der Waals surface area contributed by atoms with Crippen molar-refractivity contribution in [3.63, 3.8) is 0 Å². The SMILES string of the molecule is BrC1(Br)C(c2ccccc2)N1c1ccccc1. The van der Waals surface area contributed by atoms with Gasteiger partial charge in [-0.2, -0.15) is 0 Å². The summed E-state index contributed by atoms with van der Waals surface area (Å²) in [5, 5.41) is 0. The van der Waals surface area contributed by atoms with Crippen LogP contribution >= 0.6 is 31.9 Å². The lowest BCUT2D eigenvalue weighted by molar-refractivity contribution is 1.11. The van der Waals surface area contributed by atoms with Crippen LogP contribution in [0.5, 0.6) is 0 Å². The molecule has 1 fully saturated rings. The second kappa shape index (κ2) is 4.14. The van der Waals surface area contributed by atoms with Crippen molar-refractivity contribution < 1.29 is 0 Å². The molecule has 1 aliphatic rings. The maximum absolute atomic E-state index is 3.74. The van der Waals surface area contributed by atoms with E-state index in [-0.39, 0.29) is 3.36 Å². The summed E-state index contributed by atoms with van der Waals surface area (Å²) in [5.41, 5.74) is 2.53. The Morgan fingerprint density at radius 1 is 0.824 bits per heavy atom. The van der Waals surface area contributed by atoms with Gasteiger partial charge >= 0.3 is 0 Å². The average Bonchev–Trinajstić information content (AvgIpc) is 2.94. The summed E-state index contributed by atoms with van der Waals surface area (Å²) in [6.07, 6.45) is 0. The van der Waals surface area contributed by atoms with Crippen molar-refractivity contribution in [1.29, 1.82) is 0 Å². The molecule has 0 spiro atoms. The summed E-state index contributed by atoms with van der Waals surface area (Å²) in [4.78, 5) is 2.31. The van der Waals surface area contributed by atoms with E-state index in [1.165, 1.54) is 11.3 Å². The molecule has 2 aromatic rings. The molecule has 0 N–H and O–H groups in total. The number of hydrogen-bond acceptors (Lipinski definition) is 1. The van der Waals surface area contributed by atoms with Crippen molar-refractivity contribution in [2.24, 2.45) is 0 Å². The number of hydrogen-bond donors (Lipinski definition) is 0. The lowest BCUT2D eigenvalue weighted by Gasteiger charge is -2.05. The van der Waals surface area contributed by atoms with Gasteiger partial charge in [-0.3, -0.25) is 0 Å². The van der Waals surface area contributed by atoms with E-state index in [4.69, 9.17) is 0 Å². The fourth-order valence-corrected chi connectivity index (χ4v) is 3.69. The molecule has 0 amide bonds. The van der Waals surface area contributed by atoms with Crippen LogP contribution in [-0.4, -0.2) is 3.36 Å². The molecule has 0 saturated carbocycles. The standard InChI is InChI=1S/C14H11Br2N/c15-14(16)13(11-7-3-1-4-8-11)17(14)12-9-5-2-6-10-12/h1-10,13H. The third-order valence-corrected chi connectivity index (χ3v) is 4.62. The van der Waals surface area contributed by atoms with Gasteiger partial charge in [0.15, 0.2) is 3.36 Å². The van der Waals surface area contributed by atoms with E-state index < -0.39 is 0 Å². The first-order valence-corrected chi connectivity index (χ1v) is 7.07. The number of anilines is 1.